The lowest BCUT2D eigenvalue weighted by molar-refractivity contribution is -0.141. The summed E-state index contributed by atoms with van der Waals surface area (Å²) in [4.78, 5) is 39.0. The van der Waals surface area contributed by atoms with Gasteiger partial charge in [-0.25, -0.2) is 5.43 Å². The highest BCUT2D eigenvalue weighted by Gasteiger charge is 2.32. The van der Waals surface area contributed by atoms with Crippen LogP contribution in [0.5, 0.6) is 0 Å². The van der Waals surface area contributed by atoms with Crippen molar-refractivity contribution in [1.82, 2.24) is 15.6 Å². The Labute approximate surface area is 153 Å². The van der Waals surface area contributed by atoms with Crippen molar-refractivity contribution < 1.29 is 14.4 Å². The van der Waals surface area contributed by atoms with E-state index in [-0.39, 0.29) is 17.7 Å². The molecule has 8 heteroatoms. The molecule has 0 aromatic rings. The van der Waals surface area contributed by atoms with Gasteiger partial charge in [-0.15, -0.1) is 5.10 Å². The molecule has 0 spiro atoms. The molecule has 0 aromatic heterocycles. The van der Waals surface area contributed by atoms with Crippen LogP contribution in [0.2, 0.25) is 0 Å². The van der Waals surface area contributed by atoms with Crippen molar-refractivity contribution in [3.8, 4) is 0 Å². The molecule has 1 saturated heterocycles. The van der Waals surface area contributed by atoms with E-state index in [0.29, 0.717) is 5.17 Å². The number of nitrogens with zero attached hydrogens (tertiary/aromatic N) is 2. The fraction of sp³-hybridized carbons (Fsp3) is 0.765. The standard InChI is InChI=1S/C17H28N4O3S/c1-11(2)13(18-15(23)12-7-5-4-6-8-12)14(22)16(24)19-20-17-21(3)9-10-25-17/h11-13H,4-10H2,1-3H3,(H,18,23)(H,19,24)/b20-17-/t13-/m0/s1. The SMILES string of the molecule is CC(C)[C@H](NC(=O)C1CCCCC1)C(=O)C(=O)N/N=C1\SCCN1C. The lowest BCUT2D eigenvalue weighted by Crippen LogP contribution is -2.51. The molecule has 0 aromatic carbocycles. The topological polar surface area (TPSA) is 90.9 Å². The zero-order valence-corrected chi connectivity index (χ0v) is 16.0. The summed E-state index contributed by atoms with van der Waals surface area (Å²) in [6.07, 6.45) is 4.96. The molecule has 7 nitrogen and oxygen atoms in total. The zero-order chi connectivity index (χ0) is 18.4. The number of amides is 2. The predicted molar refractivity (Wildman–Crippen MR) is 99.0 cm³/mol. The molecule has 2 aliphatic rings. The van der Waals surface area contributed by atoms with Crippen LogP contribution in [0.15, 0.2) is 5.10 Å². The van der Waals surface area contributed by atoms with Crippen LogP contribution in [0.3, 0.4) is 0 Å². The molecule has 2 fully saturated rings. The number of hydrogen-bond donors (Lipinski definition) is 2. The second-order valence-corrected chi connectivity index (χ2v) is 8.10. The summed E-state index contributed by atoms with van der Waals surface area (Å²) in [5.41, 5.74) is 2.33. The molecule has 2 amide bonds. The first kappa shape index (κ1) is 19.8. The summed E-state index contributed by atoms with van der Waals surface area (Å²) in [6, 6.07) is -0.816. The van der Waals surface area contributed by atoms with E-state index < -0.39 is 17.7 Å². The van der Waals surface area contributed by atoms with Crippen molar-refractivity contribution in [2.45, 2.75) is 52.0 Å². The van der Waals surface area contributed by atoms with Crippen LogP contribution >= 0.6 is 11.8 Å². The van der Waals surface area contributed by atoms with E-state index in [1.165, 1.54) is 11.8 Å². The molecule has 140 valence electrons. The van der Waals surface area contributed by atoms with Crippen molar-refractivity contribution in [3.05, 3.63) is 0 Å². The number of carbonyl (C=O) groups is 3. The van der Waals surface area contributed by atoms with Gasteiger partial charge in [0.15, 0.2) is 5.17 Å². The third-order valence-corrected chi connectivity index (χ3v) is 5.73. The number of amidine groups is 1. The van der Waals surface area contributed by atoms with Gasteiger partial charge < -0.3 is 10.2 Å². The summed E-state index contributed by atoms with van der Waals surface area (Å²) in [7, 11) is 1.88. The highest BCUT2D eigenvalue weighted by atomic mass is 32.2. The number of thioether (sulfide) groups is 1. The van der Waals surface area contributed by atoms with Gasteiger partial charge in [-0.1, -0.05) is 44.9 Å². The first-order valence-electron chi connectivity index (χ1n) is 8.96. The van der Waals surface area contributed by atoms with E-state index in [1.807, 2.05) is 25.8 Å². The zero-order valence-electron chi connectivity index (χ0n) is 15.2. The quantitative estimate of drug-likeness (QED) is 0.545. The van der Waals surface area contributed by atoms with Crippen LogP contribution in [0.4, 0.5) is 0 Å². The molecule has 25 heavy (non-hydrogen) atoms. The Hall–Kier alpha value is -1.57. The second kappa shape index (κ2) is 9.22. The minimum Gasteiger partial charge on any atom is -0.352 e. The Bertz CT molecular complexity index is 544. The Morgan fingerprint density at radius 2 is 1.88 bits per heavy atom. The Morgan fingerprint density at radius 1 is 1.20 bits per heavy atom. The van der Waals surface area contributed by atoms with Crippen LogP contribution in [0.1, 0.15) is 46.0 Å². The fourth-order valence-corrected chi connectivity index (χ4v) is 4.03. The molecule has 1 atom stereocenters. The largest absolute Gasteiger partial charge is 0.352 e. The van der Waals surface area contributed by atoms with Crippen molar-refractivity contribution in [2.75, 3.05) is 19.3 Å². The van der Waals surface area contributed by atoms with E-state index in [0.717, 1.165) is 44.4 Å². The molecule has 2 rings (SSSR count). The van der Waals surface area contributed by atoms with Gasteiger partial charge in [-0.3, -0.25) is 14.4 Å². The maximum atomic E-state index is 12.5. The van der Waals surface area contributed by atoms with Gasteiger partial charge in [0.1, 0.15) is 0 Å². The Morgan fingerprint density at radius 3 is 2.44 bits per heavy atom. The third-order valence-electron chi connectivity index (χ3n) is 4.68. The minimum absolute atomic E-state index is 0.0466. The fourth-order valence-electron chi connectivity index (χ4n) is 3.06. The maximum absolute atomic E-state index is 12.5. The number of rotatable bonds is 6. The van der Waals surface area contributed by atoms with Gasteiger partial charge in [0.2, 0.25) is 11.7 Å². The molecule has 1 aliphatic carbocycles. The van der Waals surface area contributed by atoms with Gasteiger partial charge >= 0.3 is 5.91 Å². The van der Waals surface area contributed by atoms with Gasteiger partial charge in [-0.2, -0.15) is 0 Å². The summed E-state index contributed by atoms with van der Waals surface area (Å²) in [5.74, 6) is -0.843. The van der Waals surface area contributed by atoms with Gasteiger partial charge in [0, 0.05) is 25.3 Å². The summed E-state index contributed by atoms with van der Waals surface area (Å²) >= 11 is 1.53. The number of ketones is 1. The number of carbonyl (C=O) groups excluding carboxylic acids is 3. The van der Waals surface area contributed by atoms with Crippen molar-refractivity contribution in [3.63, 3.8) is 0 Å². The van der Waals surface area contributed by atoms with E-state index in [2.05, 4.69) is 15.8 Å². The Kier molecular flexibility index (Phi) is 7.28. The highest BCUT2D eigenvalue weighted by molar-refractivity contribution is 8.14. The molecular formula is C17H28N4O3S. The molecule has 2 N–H and O–H groups in total. The minimum atomic E-state index is -0.816. The van der Waals surface area contributed by atoms with Crippen LogP contribution < -0.4 is 10.7 Å². The lowest BCUT2D eigenvalue weighted by atomic mass is 9.88. The predicted octanol–water partition coefficient (Wildman–Crippen LogP) is 1.34. The molecule has 0 unspecified atom stereocenters. The lowest BCUT2D eigenvalue weighted by Gasteiger charge is -2.25. The van der Waals surface area contributed by atoms with Crippen molar-refractivity contribution >= 4 is 34.5 Å². The molecule has 1 saturated carbocycles. The summed E-state index contributed by atoms with van der Waals surface area (Å²) < 4.78 is 0. The number of hydrazone groups is 1. The molecular weight excluding hydrogens is 340 g/mol. The third kappa shape index (κ3) is 5.45. The number of Topliss-reactive ketones (excluding diaryl/α,β-unsaturated/α-hetero) is 1. The number of nitrogens with one attached hydrogen (secondary N) is 2. The van der Waals surface area contributed by atoms with Crippen LogP contribution in [0.25, 0.3) is 0 Å². The summed E-state index contributed by atoms with van der Waals surface area (Å²) in [5, 5.41) is 7.49. The first-order valence-corrected chi connectivity index (χ1v) is 9.95. The molecule has 1 heterocycles. The number of hydrogen-bond acceptors (Lipinski definition) is 5. The van der Waals surface area contributed by atoms with Crippen LogP contribution in [-0.4, -0.2) is 53.1 Å². The average Bonchev–Trinajstić information content (AvgIpc) is 3.02. The molecule has 0 radical (unpaired) electrons. The van der Waals surface area contributed by atoms with Gasteiger partial charge in [-0.05, 0) is 18.8 Å². The average molecular weight is 369 g/mol. The Balaban J connectivity index is 1.94. The van der Waals surface area contributed by atoms with Crippen molar-refractivity contribution in [1.29, 1.82) is 0 Å². The monoisotopic (exact) mass is 368 g/mol. The smallest absolute Gasteiger partial charge is 0.309 e. The van der Waals surface area contributed by atoms with Crippen LogP contribution in [0, 0.1) is 11.8 Å². The van der Waals surface area contributed by atoms with E-state index in [9.17, 15) is 14.4 Å². The first-order chi connectivity index (χ1) is 11.9. The van der Waals surface area contributed by atoms with E-state index in [4.69, 9.17) is 0 Å². The van der Waals surface area contributed by atoms with E-state index >= 15 is 0 Å². The molecule has 1 aliphatic heterocycles. The second-order valence-electron chi connectivity index (χ2n) is 7.03. The van der Waals surface area contributed by atoms with Gasteiger partial charge in [0.05, 0.1) is 6.04 Å². The van der Waals surface area contributed by atoms with E-state index in [1.54, 1.807) is 0 Å². The summed E-state index contributed by atoms with van der Waals surface area (Å²) in [6.45, 7) is 4.51. The van der Waals surface area contributed by atoms with Gasteiger partial charge in [0.25, 0.3) is 0 Å². The maximum Gasteiger partial charge on any atom is 0.309 e. The molecule has 0 bridgehead atoms. The highest BCUT2D eigenvalue weighted by Crippen LogP contribution is 2.24. The normalized spacial score (nSPS) is 21.4. The van der Waals surface area contributed by atoms with Crippen LogP contribution in [-0.2, 0) is 14.4 Å². The van der Waals surface area contributed by atoms with Crippen molar-refractivity contribution in [2.24, 2.45) is 16.9 Å².